The summed E-state index contributed by atoms with van der Waals surface area (Å²) in [6.45, 7) is 1.81. The molecule has 0 saturated heterocycles. The number of rotatable bonds is 5. The van der Waals surface area contributed by atoms with E-state index in [-0.39, 0.29) is 4.90 Å². The summed E-state index contributed by atoms with van der Waals surface area (Å²) >= 11 is 1.50. The molecular weight excluding hydrogens is 394 g/mol. The maximum atomic E-state index is 12.7. The molecule has 0 aliphatic rings. The first kappa shape index (κ1) is 18.4. The molecule has 2 aromatic heterocycles. The van der Waals surface area contributed by atoms with E-state index < -0.39 is 10.0 Å². The molecule has 4 rings (SSSR count). The topological polar surface area (TPSA) is 81.2 Å². The van der Waals surface area contributed by atoms with E-state index in [0.29, 0.717) is 11.4 Å². The van der Waals surface area contributed by atoms with Crippen molar-refractivity contribution in [2.24, 2.45) is 0 Å². The van der Waals surface area contributed by atoms with E-state index in [0.717, 1.165) is 26.5 Å². The minimum atomic E-state index is -3.69. The number of methoxy groups -OCH3 is 1. The molecule has 0 amide bonds. The number of fused-ring (bicyclic) bond motifs is 1. The fraction of sp³-hybridized carbons (Fsp3) is 0.100. The molecule has 0 saturated carbocycles. The number of aromatic nitrogens is 2. The standard InChI is InChI=1S/C20H17N3O3S2/c1-13-12-16(9-10-18(13)26-2)28(24,25)23-15-7-5-14(6-8-15)19-22-17-4-3-11-21-20(17)27-19/h3-12,23H,1-2H3. The first-order valence-electron chi connectivity index (χ1n) is 8.46. The van der Waals surface area contributed by atoms with Gasteiger partial charge in [-0.1, -0.05) is 11.3 Å². The van der Waals surface area contributed by atoms with Gasteiger partial charge < -0.3 is 4.74 Å². The minimum absolute atomic E-state index is 0.187. The second-order valence-corrected chi connectivity index (χ2v) is 8.82. The van der Waals surface area contributed by atoms with Gasteiger partial charge in [-0.05, 0) is 67.1 Å². The molecule has 2 aromatic carbocycles. The zero-order valence-electron chi connectivity index (χ0n) is 15.2. The van der Waals surface area contributed by atoms with Crippen LogP contribution in [0.25, 0.3) is 20.9 Å². The molecule has 0 fully saturated rings. The fourth-order valence-corrected chi connectivity index (χ4v) is 4.86. The molecule has 8 heteroatoms. The highest BCUT2D eigenvalue weighted by atomic mass is 32.2. The Morgan fingerprint density at radius 1 is 1.07 bits per heavy atom. The molecule has 0 bridgehead atoms. The van der Waals surface area contributed by atoms with Gasteiger partial charge in [0.25, 0.3) is 10.0 Å². The number of nitrogens with zero attached hydrogens (tertiary/aromatic N) is 2. The van der Waals surface area contributed by atoms with Crippen LogP contribution in [-0.2, 0) is 10.0 Å². The minimum Gasteiger partial charge on any atom is -0.496 e. The third-order valence-electron chi connectivity index (χ3n) is 4.23. The van der Waals surface area contributed by atoms with Crippen LogP contribution in [0.4, 0.5) is 5.69 Å². The predicted octanol–water partition coefficient (Wildman–Crippen LogP) is 4.48. The summed E-state index contributed by atoms with van der Waals surface area (Å²) in [4.78, 5) is 9.93. The molecule has 6 nitrogen and oxygen atoms in total. The van der Waals surface area contributed by atoms with Crippen LogP contribution in [0, 0.1) is 6.92 Å². The molecule has 0 aliphatic heterocycles. The molecule has 4 aromatic rings. The number of thiazole rings is 1. The van der Waals surface area contributed by atoms with Crippen molar-refractivity contribution in [2.75, 3.05) is 11.8 Å². The number of hydrogen-bond acceptors (Lipinski definition) is 6. The van der Waals surface area contributed by atoms with Crippen molar-refractivity contribution in [3.8, 4) is 16.3 Å². The number of ether oxygens (including phenoxy) is 1. The lowest BCUT2D eigenvalue weighted by molar-refractivity contribution is 0.411. The van der Waals surface area contributed by atoms with E-state index in [1.54, 1.807) is 44.5 Å². The highest BCUT2D eigenvalue weighted by molar-refractivity contribution is 7.92. The van der Waals surface area contributed by atoms with Gasteiger partial charge in [0.1, 0.15) is 21.1 Å². The molecule has 0 atom stereocenters. The maximum absolute atomic E-state index is 12.7. The molecule has 0 radical (unpaired) electrons. The highest BCUT2D eigenvalue weighted by Crippen LogP contribution is 2.30. The Labute approximate surface area is 166 Å². The van der Waals surface area contributed by atoms with E-state index >= 15 is 0 Å². The largest absolute Gasteiger partial charge is 0.496 e. The average Bonchev–Trinajstić information content (AvgIpc) is 3.12. The smallest absolute Gasteiger partial charge is 0.261 e. The van der Waals surface area contributed by atoms with Crippen LogP contribution in [-0.4, -0.2) is 25.5 Å². The Bertz CT molecular complexity index is 1220. The Kier molecular flexibility index (Phi) is 4.74. The van der Waals surface area contributed by atoms with Crippen LogP contribution in [0.15, 0.2) is 65.7 Å². The maximum Gasteiger partial charge on any atom is 0.261 e. The van der Waals surface area contributed by atoms with Crippen molar-refractivity contribution >= 4 is 37.4 Å². The lowest BCUT2D eigenvalue weighted by Gasteiger charge is -2.11. The molecule has 2 heterocycles. The normalized spacial score (nSPS) is 11.5. The molecular formula is C20H17N3O3S2. The second-order valence-electron chi connectivity index (χ2n) is 6.16. The summed E-state index contributed by atoms with van der Waals surface area (Å²) in [5.41, 5.74) is 3.00. The Morgan fingerprint density at radius 3 is 2.54 bits per heavy atom. The van der Waals surface area contributed by atoms with E-state index in [4.69, 9.17) is 4.74 Å². The van der Waals surface area contributed by atoms with Gasteiger partial charge >= 0.3 is 0 Å². The number of sulfonamides is 1. The van der Waals surface area contributed by atoms with Gasteiger partial charge in [-0.3, -0.25) is 4.72 Å². The van der Waals surface area contributed by atoms with Crippen LogP contribution in [0.2, 0.25) is 0 Å². The first-order chi connectivity index (χ1) is 13.5. The third kappa shape index (κ3) is 3.56. The van der Waals surface area contributed by atoms with Crippen LogP contribution in [0.3, 0.4) is 0 Å². The van der Waals surface area contributed by atoms with Crippen molar-refractivity contribution in [1.82, 2.24) is 9.97 Å². The fourth-order valence-electron chi connectivity index (χ4n) is 2.81. The summed E-state index contributed by atoms with van der Waals surface area (Å²) in [5.74, 6) is 0.647. The van der Waals surface area contributed by atoms with Crippen LogP contribution >= 0.6 is 11.3 Å². The molecule has 28 heavy (non-hydrogen) atoms. The number of benzene rings is 2. The molecule has 142 valence electrons. The number of nitrogens with one attached hydrogen (secondary N) is 1. The summed E-state index contributed by atoms with van der Waals surface area (Å²) in [6.07, 6.45) is 1.74. The Morgan fingerprint density at radius 2 is 1.86 bits per heavy atom. The van der Waals surface area contributed by atoms with Gasteiger partial charge in [-0.15, -0.1) is 0 Å². The predicted molar refractivity (Wildman–Crippen MR) is 111 cm³/mol. The van der Waals surface area contributed by atoms with Crippen molar-refractivity contribution < 1.29 is 13.2 Å². The summed E-state index contributed by atoms with van der Waals surface area (Å²) < 4.78 is 33.1. The summed E-state index contributed by atoms with van der Waals surface area (Å²) in [7, 11) is -2.13. The summed E-state index contributed by atoms with van der Waals surface area (Å²) in [5, 5.41) is 0.842. The average molecular weight is 412 g/mol. The third-order valence-corrected chi connectivity index (χ3v) is 6.63. The lowest BCUT2D eigenvalue weighted by Crippen LogP contribution is -2.13. The molecule has 0 spiro atoms. The van der Waals surface area contributed by atoms with Crippen LogP contribution in [0.1, 0.15) is 5.56 Å². The molecule has 1 N–H and O–H groups in total. The summed E-state index contributed by atoms with van der Waals surface area (Å²) in [6, 6.07) is 15.7. The highest BCUT2D eigenvalue weighted by Gasteiger charge is 2.16. The number of pyridine rings is 1. The van der Waals surface area contributed by atoms with Crippen LogP contribution in [0.5, 0.6) is 5.75 Å². The monoisotopic (exact) mass is 411 g/mol. The van der Waals surface area contributed by atoms with Gasteiger partial charge in [0.05, 0.1) is 12.0 Å². The van der Waals surface area contributed by atoms with Crippen LogP contribution < -0.4 is 9.46 Å². The SMILES string of the molecule is COc1ccc(S(=O)(=O)Nc2ccc(-c3nc4cccnc4s3)cc2)cc1C. The van der Waals surface area contributed by atoms with E-state index in [1.165, 1.54) is 17.4 Å². The van der Waals surface area contributed by atoms with Gasteiger partial charge in [-0.2, -0.15) is 0 Å². The van der Waals surface area contributed by atoms with E-state index in [2.05, 4.69) is 14.7 Å². The van der Waals surface area contributed by atoms with Crippen molar-refractivity contribution in [2.45, 2.75) is 11.8 Å². The number of hydrogen-bond donors (Lipinski definition) is 1. The van der Waals surface area contributed by atoms with E-state index in [1.807, 2.05) is 24.3 Å². The van der Waals surface area contributed by atoms with Gasteiger partial charge in [0.15, 0.2) is 0 Å². The molecule has 0 aliphatic carbocycles. The first-order valence-corrected chi connectivity index (χ1v) is 10.8. The number of aryl methyl sites for hydroxylation is 1. The quantitative estimate of drug-likeness (QED) is 0.524. The van der Waals surface area contributed by atoms with Gasteiger partial charge in [-0.25, -0.2) is 18.4 Å². The number of anilines is 1. The zero-order chi connectivity index (χ0) is 19.7. The Balaban J connectivity index is 1.57. The Hall–Kier alpha value is -2.97. The van der Waals surface area contributed by atoms with Crippen molar-refractivity contribution in [1.29, 1.82) is 0 Å². The van der Waals surface area contributed by atoms with Gasteiger partial charge in [0, 0.05) is 17.4 Å². The zero-order valence-corrected chi connectivity index (χ0v) is 16.8. The van der Waals surface area contributed by atoms with E-state index in [9.17, 15) is 8.42 Å². The van der Waals surface area contributed by atoms with Crippen molar-refractivity contribution in [3.05, 3.63) is 66.4 Å². The van der Waals surface area contributed by atoms with Crippen molar-refractivity contribution in [3.63, 3.8) is 0 Å². The second kappa shape index (κ2) is 7.21. The lowest BCUT2D eigenvalue weighted by atomic mass is 10.2. The molecule has 0 unspecified atom stereocenters. The van der Waals surface area contributed by atoms with Gasteiger partial charge in [0.2, 0.25) is 0 Å².